The average Bonchev–Trinajstić information content (AvgIpc) is 2.39. The topological polar surface area (TPSA) is 66.4 Å². The first-order valence-electron chi connectivity index (χ1n) is 5.06. The van der Waals surface area contributed by atoms with Crippen LogP contribution in [0.4, 0.5) is 0 Å². The van der Waals surface area contributed by atoms with E-state index >= 15 is 0 Å². The Labute approximate surface area is 118 Å². The van der Waals surface area contributed by atoms with Crippen LogP contribution < -0.4 is 34.7 Å². The number of methoxy groups -OCH3 is 1. The normalized spacial score (nSPS) is 31.6. The largest absolute Gasteiger partial charge is 1.00 e. The number of rotatable bonds is 2. The molecule has 1 aliphatic rings. The van der Waals surface area contributed by atoms with Gasteiger partial charge in [0.05, 0.1) is 13.0 Å². The Morgan fingerprint density at radius 3 is 2.12 bits per heavy atom. The number of esters is 1. The fraction of sp³-hybridized carbons (Fsp3) is 0.818. The predicted octanol–water partition coefficient (Wildman–Crippen LogP) is -2.64. The molecule has 1 fully saturated rings. The molecule has 1 rings (SSSR count). The molecule has 0 aromatic heterocycles. The Morgan fingerprint density at radius 1 is 1.31 bits per heavy atom. The van der Waals surface area contributed by atoms with E-state index in [9.17, 15) is 14.7 Å². The first kappa shape index (κ1) is 15.9. The van der Waals surface area contributed by atoms with Crippen molar-refractivity contribution in [3.05, 3.63) is 0 Å². The third kappa shape index (κ3) is 2.15. The SMILES string of the molecule is COC(=O)[C@H]1CC[C@@](C)(C(=O)[O-])C1(C)C.[Na+]. The molecule has 1 aliphatic carbocycles. The van der Waals surface area contributed by atoms with Gasteiger partial charge in [-0.15, -0.1) is 0 Å². The fourth-order valence-corrected chi connectivity index (χ4v) is 2.42. The molecule has 0 amide bonds. The summed E-state index contributed by atoms with van der Waals surface area (Å²) in [4.78, 5) is 22.6. The predicted molar refractivity (Wildman–Crippen MR) is 51.6 cm³/mol. The molecule has 0 unspecified atom stereocenters. The van der Waals surface area contributed by atoms with Gasteiger partial charge in [0.15, 0.2) is 0 Å². The van der Waals surface area contributed by atoms with Crippen LogP contribution in [0.25, 0.3) is 0 Å². The van der Waals surface area contributed by atoms with Crippen LogP contribution in [0.5, 0.6) is 0 Å². The van der Waals surface area contributed by atoms with Crippen LogP contribution in [0.2, 0.25) is 0 Å². The van der Waals surface area contributed by atoms with E-state index in [1.54, 1.807) is 20.8 Å². The molecule has 2 atom stereocenters. The van der Waals surface area contributed by atoms with Crippen LogP contribution in [0.15, 0.2) is 0 Å². The van der Waals surface area contributed by atoms with Gasteiger partial charge in [-0.1, -0.05) is 20.8 Å². The van der Waals surface area contributed by atoms with E-state index < -0.39 is 16.8 Å². The van der Waals surface area contributed by atoms with Crippen molar-refractivity contribution in [2.75, 3.05) is 7.11 Å². The molecule has 0 spiro atoms. The molecule has 86 valence electrons. The molecular formula is C11H17NaO4. The minimum absolute atomic E-state index is 0. The van der Waals surface area contributed by atoms with E-state index in [1.165, 1.54) is 7.11 Å². The molecule has 0 radical (unpaired) electrons. The number of hydrogen-bond donors (Lipinski definition) is 0. The summed E-state index contributed by atoms with van der Waals surface area (Å²) in [5.74, 6) is -1.77. The molecule has 0 heterocycles. The van der Waals surface area contributed by atoms with Gasteiger partial charge < -0.3 is 14.6 Å². The molecule has 0 aromatic carbocycles. The van der Waals surface area contributed by atoms with Gasteiger partial charge in [0, 0.05) is 11.4 Å². The number of carboxylic acids is 1. The van der Waals surface area contributed by atoms with Gasteiger partial charge >= 0.3 is 35.5 Å². The van der Waals surface area contributed by atoms with Crippen LogP contribution in [-0.2, 0) is 14.3 Å². The second kappa shape index (κ2) is 5.07. The Balaban J connectivity index is 0.00000225. The Kier molecular flexibility index (Phi) is 5.05. The molecule has 4 nitrogen and oxygen atoms in total. The molecule has 0 saturated heterocycles. The maximum absolute atomic E-state index is 11.5. The molecule has 0 aromatic rings. The third-order valence-corrected chi connectivity index (χ3v) is 4.16. The van der Waals surface area contributed by atoms with Crippen molar-refractivity contribution < 1.29 is 49.0 Å². The molecule has 0 N–H and O–H groups in total. The zero-order valence-electron chi connectivity index (χ0n) is 10.6. The maximum atomic E-state index is 11.5. The van der Waals surface area contributed by atoms with E-state index in [2.05, 4.69) is 0 Å². The molecule has 0 bridgehead atoms. The van der Waals surface area contributed by atoms with Gasteiger partial charge in [-0.2, -0.15) is 0 Å². The Morgan fingerprint density at radius 2 is 1.81 bits per heavy atom. The van der Waals surface area contributed by atoms with Crippen molar-refractivity contribution >= 4 is 11.9 Å². The van der Waals surface area contributed by atoms with Crippen LogP contribution in [0.1, 0.15) is 33.6 Å². The quantitative estimate of drug-likeness (QED) is 0.388. The van der Waals surface area contributed by atoms with Gasteiger partial charge in [0.2, 0.25) is 0 Å². The number of hydrogen-bond acceptors (Lipinski definition) is 4. The van der Waals surface area contributed by atoms with E-state index in [0.29, 0.717) is 12.8 Å². The third-order valence-electron chi connectivity index (χ3n) is 4.16. The summed E-state index contributed by atoms with van der Waals surface area (Å²) in [5, 5.41) is 11.1. The van der Waals surface area contributed by atoms with Crippen molar-refractivity contribution in [2.45, 2.75) is 33.6 Å². The average molecular weight is 236 g/mol. The molecule has 1 saturated carbocycles. The second-order valence-electron chi connectivity index (χ2n) is 4.96. The van der Waals surface area contributed by atoms with Crippen LogP contribution in [-0.4, -0.2) is 19.0 Å². The summed E-state index contributed by atoms with van der Waals surface area (Å²) in [6.45, 7) is 5.22. The smallest absolute Gasteiger partial charge is 0.550 e. The van der Waals surface area contributed by atoms with Gasteiger partial charge in [0.1, 0.15) is 0 Å². The summed E-state index contributed by atoms with van der Waals surface area (Å²) in [5.41, 5.74) is -1.58. The van der Waals surface area contributed by atoms with E-state index in [0.717, 1.165) is 0 Å². The minimum Gasteiger partial charge on any atom is -0.550 e. The van der Waals surface area contributed by atoms with Crippen LogP contribution in [0, 0.1) is 16.7 Å². The second-order valence-corrected chi connectivity index (χ2v) is 4.96. The van der Waals surface area contributed by atoms with Crippen LogP contribution >= 0.6 is 0 Å². The maximum Gasteiger partial charge on any atom is 1.00 e. The number of aliphatic carboxylic acids is 1. The molecule has 0 aliphatic heterocycles. The number of carboxylic acid groups (broad SMARTS) is 1. The monoisotopic (exact) mass is 236 g/mol. The van der Waals surface area contributed by atoms with Gasteiger partial charge in [-0.05, 0) is 18.3 Å². The van der Waals surface area contributed by atoms with Gasteiger partial charge in [-0.3, -0.25) is 4.79 Å². The number of carbonyl (C=O) groups excluding carboxylic acids is 2. The molecule has 5 heteroatoms. The summed E-state index contributed by atoms with van der Waals surface area (Å²) in [6, 6.07) is 0. The summed E-state index contributed by atoms with van der Waals surface area (Å²) in [6.07, 6.45) is 1.01. The Bertz CT molecular complexity index is 300. The van der Waals surface area contributed by atoms with Gasteiger partial charge in [-0.25, -0.2) is 0 Å². The van der Waals surface area contributed by atoms with E-state index in [1.807, 2.05) is 0 Å². The minimum atomic E-state index is -1.08. The first-order valence-corrected chi connectivity index (χ1v) is 5.06. The van der Waals surface area contributed by atoms with Crippen molar-refractivity contribution in [1.29, 1.82) is 0 Å². The molecular weight excluding hydrogens is 219 g/mol. The van der Waals surface area contributed by atoms with Crippen molar-refractivity contribution in [3.63, 3.8) is 0 Å². The Hall–Kier alpha value is -0.0600. The van der Waals surface area contributed by atoms with Gasteiger partial charge in [0.25, 0.3) is 0 Å². The zero-order valence-corrected chi connectivity index (χ0v) is 12.6. The summed E-state index contributed by atoms with van der Waals surface area (Å²) >= 11 is 0. The van der Waals surface area contributed by atoms with E-state index in [4.69, 9.17) is 4.74 Å². The molecule has 16 heavy (non-hydrogen) atoms. The summed E-state index contributed by atoms with van der Waals surface area (Å²) in [7, 11) is 1.33. The number of carbonyl (C=O) groups is 2. The zero-order chi connectivity index (χ0) is 11.9. The van der Waals surface area contributed by atoms with Crippen molar-refractivity contribution in [2.24, 2.45) is 16.7 Å². The first-order chi connectivity index (χ1) is 6.77. The fourth-order valence-electron chi connectivity index (χ4n) is 2.42. The number of ether oxygens (including phenoxy) is 1. The van der Waals surface area contributed by atoms with Crippen molar-refractivity contribution in [3.8, 4) is 0 Å². The standard InChI is InChI=1S/C11H18O4.Na/c1-10(2)7(8(12)15-4)5-6-11(10,3)9(13)14;/h7H,5-6H2,1-4H3,(H,13,14);/q;+1/p-1/t7-,11+;/m1./s1. The summed E-state index contributed by atoms with van der Waals surface area (Å²) < 4.78 is 4.69. The van der Waals surface area contributed by atoms with E-state index in [-0.39, 0.29) is 41.4 Å². The van der Waals surface area contributed by atoms with Crippen molar-refractivity contribution in [1.82, 2.24) is 0 Å². The van der Waals surface area contributed by atoms with Crippen LogP contribution in [0.3, 0.4) is 0 Å².